The van der Waals surface area contributed by atoms with Crippen molar-refractivity contribution < 1.29 is 9.21 Å². The highest BCUT2D eigenvalue weighted by molar-refractivity contribution is 5.96. The van der Waals surface area contributed by atoms with Gasteiger partial charge in [-0.15, -0.1) is 10.2 Å². The summed E-state index contributed by atoms with van der Waals surface area (Å²) in [4.78, 5) is 16.5. The predicted molar refractivity (Wildman–Crippen MR) is 104 cm³/mol. The van der Waals surface area contributed by atoms with Crippen molar-refractivity contribution in [2.45, 2.75) is 32.7 Å². The van der Waals surface area contributed by atoms with Crippen LogP contribution in [0.3, 0.4) is 0 Å². The molecule has 28 heavy (non-hydrogen) atoms. The largest absolute Gasteiger partial charge is 0.440 e. The van der Waals surface area contributed by atoms with E-state index in [1.54, 1.807) is 0 Å². The van der Waals surface area contributed by atoms with Crippen molar-refractivity contribution >= 4 is 11.6 Å². The van der Waals surface area contributed by atoms with Gasteiger partial charge in [0.25, 0.3) is 5.91 Å². The van der Waals surface area contributed by atoms with Crippen LogP contribution in [0.25, 0.3) is 28.4 Å². The SMILES string of the molecule is Cc1ccc(C(=O)NC2CC2)cc1-c1ccn2c(-c3ocnc3C)nnc2c1. The minimum Gasteiger partial charge on any atom is -0.440 e. The van der Waals surface area contributed by atoms with E-state index in [1.165, 1.54) is 6.39 Å². The normalized spacial score (nSPS) is 13.8. The fourth-order valence-electron chi connectivity index (χ4n) is 3.30. The number of benzene rings is 1. The summed E-state index contributed by atoms with van der Waals surface area (Å²) in [5.41, 5.74) is 5.23. The Bertz CT molecular complexity index is 1200. The van der Waals surface area contributed by atoms with Gasteiger partial charge in [0.05, 0.1) is 5.69 Å². The lowest BCUT2D eigenvalue weighted by Gasteiger charge is -2.10. The van der Waals surface area contributed by atoms with E-state index in [4.69, 9.17) is 4.42 Å². The number of fused-ring (bicyclic) bond motifs is 1. The molecule has 1 aliphatic rings. The van der Waals surface area contributed by atoms with E-state index < -0.39 is 0 Å². The third-order valence-corrected chi connectivity index (χ3v) is 5.08. The lowest BCUT2D eigenvalue weighted by Crippen LogP contribution is -2.25. The summed E-state index contributed by atoms with van der Waals surface area (Å²) in [6.45, 7) is 3.91. The first-order valence-corrected chi connectivity index (χ1v) is 9.27. The van der Waals surface area contributed by atoms with Gasteiger partial charge in [0.1, 0.15) is 0 Å². The molecular weight excluding hydrogens is 354 g/mol. The molecule has 0 saturated heterocycles. The number of oxazole rings is 1. The Kier molecular flexibility index (Phi) is 3.75. The second-order valence-corrected chi connectivity index (χ2v) is 7.21. The number of amides is 1. The molecule has 0 spiro atoms. The number of carbonyl (C=O) groups is 1. The second kappa shape index (κ2) is 6.30. The van der Waals surface area contributed by atoms with Gasteiger partial charge in [-0.1, -0.05) is 6.07 Å². The number of aromatic nitrogens is 4. The first kappa shape index (κ1) is 16.7. The molecule has 0 atom stereocenters. The van der Waals surface area contributed by atoms with Crippen molar-refractivity contribution in [1.29, 1.82) is 0 Å². The smallest absolute Gasteiger partial charge is 0.251 e. The van der Waals surface area contributed by atoms with Crippen molar-refractivity contribution in [1.82, 2.24) is 24.9 Å². The van der Waals surface area contributed by atoms with Crippen molar-refractivity contribution in [3.05, 3.63) is 59.7 Å². The molecule has 1 fully saturated rings. The zero-order valence-electron chi connectivity index (χ0n) is 15.6. The van der Waals surface area contributed by atoms with Gasteiger partial charge in [-0.2, -0.15) is 0 Å². The summed E-state index contributed by atoms with van der Waals surface area (Å²) in [5, 5.41) is 11.6. The Balaban J connectivity index is 1.54. The van der Waals surface area contributed by atoms with Crippen LogP contribution in [-0.2, 0) is 0 Å². The molecule has 1 saturated carbocycles. The molecule has 5 rings (SSSR count). The zero-order valence-corrected chi connectivity index (χ0v) is 15.6. The van der Waals surface area contributed by atoms with Gasteiger partial charge >= 0.3 is 0 Å². The number of pyridine rings is 1. The lowest BCUT2D eigenvalue weighted by atomic mass is 9.98. The Morgan fingerprint density at radius 2 is 2.04 bits per heavy atom. The standard InChI is InChI=1S/C21H19N5O2/c1-12-3-4-15(21(27)23-16-5-6-16)9-17(12)14-7-8-26-18(10-14)24-25-20(26)19-13(2)22-11-28-19/h3-4,7-11,16H,5-6H2,1-2H3,(H,23,27). The van der Waals surface area contributed by atoms with Crippen LogP contribution in [0.1, 0.15) is 34.5 Å². The van der Waals surface area contributed by atoms with Gasteiger partial charge < -0.3 is 9.73 Å². The van der Waals surface area contributed by atoms with Crippen LogP contribution in [-0.4, -0.2) is 31.5 Å². The first-order chi connectivity index (χ1) is 13.6. The molecule has 1 aromatic carbocycles. The van der Waals surface area contributed by atoms with Crippen LogP contribution in [0.15, 0.2) is 47.3 Å². The van der Waals surface area contributed by atoms with Crippen LogP contribution in [0.2, 0.25) is 0 Å². The Morgan fingerprint density at radius 3 is 2.79 bits per heavy atom. The molecule has 1 N–H and O–H groups in total. The van der Waals surface area contributed by atoms with Crippen molar-refractivity contribution in [3.8, 4) is 22.7 Å². The van der Waals surface area contributed by atoms with E-state index in [2.05, 4.69) is 20.5 Å². The highest BCUT2D eigenvalue weighted by Crippen LogP contribution is 2.28. The lowest BCUT2D eigenvalue weighted by molar-refractivity contribution is 0.0951. The minimum absolute atomic E-state index is 0.0182. The van der Waals surface area contributed by atoms with Gasteiger partial charge in [0.15, 0.2) is 17.8 Å². The number of nitrogens with one attached hydrogen (secondary N) is 1. The topological polar surface area (TPSA) is 85.3 Å². The molecule has 7 heteroatoms. The quantitative estimate of drug-likeness (QED) is 0.591. The molecule has 1 amide bonds. The monoisotopic (exact) mass is 373 g/mol. The van der Waals surface area contributed by atoms with Gasteiger partial charge in [-0.05, 0) is 67.6 Å². The molecule has 4 aromatic rings. The molecule has 3 heterocycles. The van der Waals surface area contributed by atoms with Crippen LogP contribution >= 0.6 is 0 Å². The molecule has 0 unspecified atom stereocenters. The summed E-state index contributed by atoms with van der Waals surface area (Å²) in [6, 6.07) is 10.1. The molecule has 1 aliphatic carbocycles. The number of carbonyl (C=O) groups excluding carboxylic acids is 1. The van der Waals surface area contributed by atoms with Crippen LogP contribution in [0, 0.1) is 13.8 Å². The molecule has 0 bridgehead atoms. The molecular formula is C21H19N5O2. The highest BCUT2D eigenvalue weighted by Gasteiger charge is 2.24. The molecule has 0 aliphatic heterocycles. The highest BCUT2D eigenvalue weighted by atomic mass is 16.3. The molecule has 3 aromatic heterocycles. The van der Waals surface area contributed by atoms with E-state index >= 15 is 0 Å². The maximum absolute atomic E-state index is 12.4. The summed E-state index contributed by atoms with van der Waals surface area (Å²) in [7, 11) is 0. The second-order valence-electron chi connectivity index (χ2n) is 7.21. The Hall–Kier alpha value is -3.48. The third-order valence-electron chi connectivity index (χ3n) is 5.08. The van der Waals surface area contributed by atoms with Crippen LogP contribution < -0.4 is 5.32 Å². The van der Waals surface area contributed by atoms with Crippen molar-refractivity contribution in [2.24, 2.45) is 0 Å². The van der Waals surface area contributed by atoms with E-state index in [-0.39, 0.29) is 5.91 Å². The maximum Gasteiger partial charge on any atom is 0.251 e. The summed E-state index contributed by atoms with van der Waals surface area (Å²) >= 11 is 0. The van der Waals surface area contributed by atoms with E-state index in [1.807, 2.05) is 54.8 Å². The summed E-state index contributed by atoms with van der Waals surface area (Å²) in [6.07, 6.45) is 5.46. The van der Waals surface area contributed by atoms with E-state index in [0.29, 0.717) is 28.8 Å². The van der Waals surface area contributed by atoms with Gasteiger partial charge in [-0.25, -0.2) is 4.98 Å². The molecule has 0 radical (unpaired) electrons. The van der Waals surface area contributed by atoms with Crippen LogP contribution in [0.5, 0.6) is 0 Å². The van der Waals surface area contributed by atoms with Crippen LogP contribution in [0.4, 0.5) is 0 Å². The molecule has 7 nitrogen and oxygen atoms in total. The Morgan fingerprint density at radius 1 is 1.18 bits per heavy atom. The van der Waals surface area contributed by atoms with Crippen molar-refractivity contribution in [2.75, 3.05) is 0 Å². The number of nitrogens with zero attached hydrogens (tertiary/aromatic N) is 4. The zero-order chi connectivity index (χ0) is 19.3. The number of aryl methyl sites for hydroxylation is 2. The van der Waals surface area contributed by atoms with E-state index in [9.17, 15) is 4.79 Å². The van der Waals surface area contributed by atoms with E-state index in [0.717, 1.165) is 35.2 Å². The fourth-order valence-corrected chi connectivity index (χ4v) is 3.30. The molecule has 140 valence electrons. The van der Waals surface area contributed by atoms with Gasteiger partial charge in [-0.3, -0.25) is 9.20 Å². The average molecular weight is 373 g/mol. The average Bonchev–Trinajstić information content (AvgIpc) is 3.25. The minimum atomic E-state index is -0.0182. The number of hydrogen-bond donors (Lipinski definition) is 1. The van der Waals surface area contributed by atoms with Gasteiger partial charge in [0.2, 0.25) is 5.82 Å². The van der Waals surface area contributed by atoms with Crippen molar-refractivity contribution in [3.63, 3.8) is 0 Å². The number of hydrogen-bond acceptors (Lipinski definition) is 5. The third kappa shape index (κ3) is 2.85. The summed E-state index contributed by atoms with van der Waals surface area (Å²) < 4.78 is 7.32. The fraction of sp³-hybridized carbons (Fsp3) is 0.238. The Labute approximate surface area is 161 Å². The summed E-state index contributed by atoms with van der Waals surface area (Å²) in [5.74, 6) is 1.20. The number of rotatable bonds is 4. The van der Waals surface area contributed by atoms with Gasteiger partial charge in [0, 0.05) is 17.8 Å². The predicted octanol–water partition coefficient (Wildman–Crippen LogP) is 3.56. The first-order valence-electron chi connectivity index (χ1n) is 9.27. The maximum atomic E-state index is 12.4.